The summed E-state index contributed by atoms with van der Waals surface area (Å²) in [4.78, 5) is 0. The summed E-state index contributed by atoms with van der Waals surface area (Å²) in [6, 6.07) is 0. The van der Waals surface area contributed by atoms with Gasteiger partial charge in [0.1, 0.15) is 0 Å². The Labute approximate surface area is 44.6 Å². The van der Waals surface area contributed by atoms with Crippen molar-refractivity contribution in [2.45, 2.75) is 0 Å². The molecule has 0 fully saturated rings. The molecule has 37 valence electrons. The second-order valence-electron chi connectivity index (χ2n) is 1.97. The van der Waals surface area contributed by atoms with Gasteiger partial charge in [-0.1, -0.05) is 0 Å². The van der Waals surface area contributed by atoms with E-state index in [2.05, 4.69) is 38.7 Å². The second kappa shape index (κ2) is 1.70. The molecular formula is C3H10PPd. The van der Waals surface area contributed by atoms with Gasteiger partial charge in [0.2, 0.25) is 0 Å². The van der Waals surface area contributed by atoms with Crippen LogP contribution in [0.1, 0.15) is 0 Å². The van der Waals surface area contributed by atoms with Crippen LogP contribution in [0, 0.1) is 0 Å². The maximum absolute atomic E-state index is 3.28. The van der Waals surface area contributed by atoms with Crippen molar-refractivity contribution >= 4 is 5.45 Å². The molecule has 0 nitrogen and oxygen atoms in total. The fourth-order valence-electron chi connectivity index (χ4n) is 0. The van der Waals surface area contributed by atoms with Gasteiger partial charge in [-0.15, -0.1) is 0 Å². The Balaban J connectivity index is 3.02. The van der Waals surface area contributed by atoms with Crippen molar-refractivity contribution in [2.75, 3.05) is 20.0 Å². The van der Waals surface area contributed by atoms with Gasteiger partial charge in [-0.2, -0.15) is 0 Å². The molecule has 0 radical (unpaired) electrons. The summed E-state index contributed by atoms with van der Waals surface area (Å²) in [6.45, 7) is 6.78. The van der Waals surface area contributed by atoms with Crippen LogP contribution in [0.15, 0.2) is 0 Å². The minimum atomic E-state index is -0.761. The average molecular weight is 184 g/mol. The molecule has 0 atom stereocenters. The predicted molar refractivity (Wildman–Crippen MR) is 26.1 cm³/mol. The van der Waals surface area contributed by atoms with Gasteiger partial charge in [0, 0.05) is 0 Å². The summed E-state index contributed by atoms with van der Waals surface area (Å²) in [5, 5.41) is 0. The molecule has 0 aliphatic carbocycles. The summed E-state index contributed by atoms with van der Waals surface area (Å²) in [5.74, 6) is 0. The Morgan fingerprint density at radius 2 is 1.20 bits per heavy atom. The van der Waals surface area contributed by atoms with Crippen LogP contribution in [0.25, 0.3) is 0 Å². The summed E-state index contributed by atoms with van der Waals surface area (Å²) >= 11 is 3.28. The van der Waals surface area contributed by atoms with E-state index in [0.29, 0.717) is 0 Å². The van der Waals surface area contributed by atoms with E-state index in [1.54, 1.807) is 0 Å². The molecule has 0 aromatic rings. The Bertz CT molecular complexity index is 22.4. The van der Waals surface area contributed by atoms with Crippen LogP contribution < -0.4 is 0 Å². The zero-order valence-corrected chi connectivity index (χ0v) is 6.37. The van der Waals surface area contributed by atoms with Gasteiger partial charge in [0.15, 0.2) is 0 Å². The topological polar surface area (TPSA) is 0 Å². The maximum atomic E-state index is 3.28. The van der Waals surface area contributed by atoms with Crippen LogP contribution >= 0.6 is 5.45 Å². The van der Waals surface area contributed by atoms with Crippen molar-refractivity contribution in [2.24, 2.45) is 0 Å². The zero-order chi connectivity index (χ0) is 4.50. The first kappa shape index (κ1) is 6.09. The summed E-state index contributed by atoms with van der Waals surface area (Å²) in [6.07, 6.45) is 0. The first-order valence-corrected chi connectivity index (χ1v) is 7.31. The van der Waals surface area contributed by atoms with E-state index in [1.165, 1.54) is 0 Å². The van der Waals surface area contributed by atoms with Gasteiger partial charge in [0.25, 0.3) is 0 Å². The summed E-state index contributed by atoms with van der Waals surface area (Å²) in [5.41, 5.74) is -0.761. The van der Waals surface area contributed by atoms with Gasteiger partial charge >= 0.3 is 44.2 Å². The Morgan fingerprint density at radius 1 is 1.20 bits per heavy atom. The van der Waals surface area contributed by atoms with Crippen LogP contribution in [0.3, 0.4) is 0 Å². The molecule has 0 N–H and O–H groups in total. The van der Waals surface area contributed by atoms with Crippen molar-refractivity contribution in [1.29, 1.82) is 0 Å². The van der Waals surface area contributed by atoms with Crippen LogP contribution in [-0.4, -0.2) is 20.0 Å². The van der Waals surface area contributed by atoms with E-state index in [-0.39, 0.29) is 0 Å². The molecule has 0 aliphatic rings. The van der Waals surface area contributed by atoms with E-state index in [4.69, 9.17) is 0 Å². The molecule has 0 aromatic carbocycles. The van der Waals surface area contributed by atoms with Gasteiger partial charge in [-0.25, -0.2) is 0 Å². The Kier molecular flexibility index (Phi) is 2.07. The summed E-state index contributed by atoms with van der Waals surface area (Å²) in [7, 11) is 0. The molecule has 0 unspecified atom stereocenters. The second-order valence-corrected chi connectivity index (χ2v) is 12.9. The van der Waals surface area contributed by atoms with Crippen LogP contribution in [-0.2, 0) is 18.7 Å². The van der Waals surface area contributed by atoms with E-state index >= 15 is 0 Å². The minimum absolute atomic E-state index is 0.761. The van der Waals surface area contributed by atoms with Crippen LogP contribution in [0.4, 0.5) is 0 Å². The van der Waals surface area contributed by atoms with Gasteiger partial charge in [-0.05, 0) is 0 Å². The standard InChI is InChI=1S/C3H9P.Pd/c1-4(2)3;/h1-3H3;/q;-1/p+1. The van der Waals surface area contributed by atoms with Crippen molar-refractivity contribution in [1.82, 2.24) is 0 Å². The molecule has 0 amide bonds. The van der Waals surface area contributed by atoms with E-state index < -0.39 is 5.45 Å². The molecule has 0 heterocycles. The monoisotopic (exact) mass is 183 g/mol. The molecule has 0 saturated heterocycles. The average Bonchev–Trinajstić information content (AvgIpc) is 0.722. The number of hydrogen-bond acceptors (Lipinski definition) is 0. The van der Waals surface area contributed by atoms with Crippen LogP contribution in [0.5, 0.6) is 0 Å². The van der Waals surface area contributed by atoms with Gasteiger partial charge in [-0.3, -0.25) is 0 Å². The first-order valence-electron chi connectivity index (χ1n) is 1.66. The first-order chi connectivity index (χ1) is 2.00. The molecule has 0 aliphatic heterocycles. The van der Waals surface area contributed by atoms with Crippen LogP contribution in [0.2, 0.25) is 0 Å². The molecule has 0 bridgehead atoms. The third kappa shape index (κ3) is 40.8. The third-order valence-corrected chi connectivity index (χ3v) is 0. The Hall–Kier alpha value is 1.09. The molecule has 0 rings (SSSR count). The SMILES string of the molecule is C[PH](C)(C)[Pd]. The fraction of sp³-hybridized carbons (Fsp3) is 1.00. The number of hydrogen-bond donors (Lipinski definition) is 0. The molecule has 5 heavy (non-hydrogen) atoms. The fourth-order valence-corrected chi connectivity index (χ4v) is 0. The molecule has 0 aromatic heterocycles. The molecular weight excluding hydrogens is 173 g/mol. The predicted octanol–water partition coefficient (Wildman–Crippen LogP) is 1.09. The quantitative estimate of drug-likeness (QED) is 0.390. The normalized spacial score (nSPS) is 15.4. The van der Waals surface area contributed by atoms with E-state index in [0.717, 1.165) is 0 Å². The molecule has 0 spiro atoms. The zero-order valence-electron chi connectivity index (χ0n) is 3.82. The molecule has 2 heteroatoms. The molecule has 0 saturated carbocycles. The van der Waals surface area contributed by atoms with Crippen molar-refractivity contribution < 1.29 is 18.7 Å². The van der Waals surface area contributed by atoms with Gasteiger partial charge in [0.05, 0.1) is 0 Å². The van der Waals surface area contributed by atoms with E-state index in [1.807, 2.05) is 0 Å². The van der Waals surface area contributed by atoms with Crippen molar-refractivity contribution in [3.63, 3.8) is 0 Å². The van der Waals surface area contributed by atoms with Crippen molar-refractivity contribution in [3.8, 4) is 0 Å². The van der Waals surface area contributed by atoms with Crippen molar-refractivity contribution in [3.05, 3.63) is 0 Å². The van der Waals surface area contributed by atoms with E-state index in [9.17, 15) is 0 Å². The Morgan fingerprint density at radius 3 is 1.20 bits per heavy atom. The third-order valence-electron chi connectivity index (χ3n) is 0. The number of rotatable bonds is 0. The summed E-state index contributed by atoms with van der Waals surface area (Å²) < 4.78 is 0. The van der Waals surface area contributed by atoms with Gasteiger partial charge < -0.3 is 0 Å².